The number of carbonyl (C=O) groups is 1. The van der Waals surface area contributed by atoms with E-state index in [0.29, 0.717) is 39.8 Å². The Balaban J connectivity index is 1.46. The number of halogens is 2. The van der Waals surface area contributed by atoms with E-state index < -0.39 is 39.5 Å². The summed E-state index contributed by atoms with van der Waals surface area (Å²) in [5, 5.41) is 9.56. The molecule has 2 aromatic heterocycles. The highest BCUT2D eigenvalue weighted by Crippen LogP contribution is 2.35. The zero-order valence-corrected chi connectivity index (χ0v) is 34.3. The van der Waals surface area contributed by atoms with Gasteiger partial charge in [-0.3, -0.25) is 9.69 Å². The van der Waals surface area contributed by atoms with Crippen LogP contribution in [0.2, 0.25) is 0 Å². The zero-order valence-electron chi connectivity index (χ0n) is 33.4. The van der Waals surface area contributed by atoms with Crippen LogP contribution in [0.25, 0.3) is 0 Å². The molecule has 2 fully saturated rings. The molecule has 0 N–H and O–H groups in total. The van der Waals surface area contributed by atoms with Crippen molar-refractivity contribution in [3.63, 3.8) is 0 Å². The summed E-state index contributed by atoms with van der Waals surface area (Å²) in [4.78, 5) is 26.7. The van der Waals surface area contributed by atoms with Gasteiger partial charge in [-0.15, -0.1) is 0 Å². The van der Waals surface area contributed by atoms with Crippen LogP contribution in [0.4, 0.5) is 20.3 Å². The van der Waals surface area contributed by atoms with Crippen LogP contribution in [-0.2, 0) is 32.6 Å². The molecule has 1 atom stereocenters. The molecule has 2 aliphatic rings. The van der Waals surface area contributed by atoms with Gasteiger partial charge in [-0.1, -0.05) is 6.07 Å². The first-order chi connectivity index (χ1) is 28.3. The first-order valence-corrected chi connectivity index (χ1v) is 20.2. The van der Waals surface area contributed by atoms with E-state index in [2.05, 4.69) is 16.0 Å². The minimum Gasteiger partial charge on any atom is -0.497 e. The predicted molar refractivity (Wildman–Crippen MR) is 212 cm³/mol. The van der Waals surface area contributed by atoms with Crippen molar-refractivity contribution in [2.24, 2.45) is 0 Å². The number of rotatable bonds is 14. The van der Waals surface area contributed by atoms with Crippen molar-refractivity contribution < 1.29 is 50.4 Å². The number of aromatic nitrogens is 2. The van der Waals surface area contributed by atoms with Crippen molar-refractivity contribution in [1.82, 2.24) is 14.3 Å². The molecule has 59 heavy (non-hydrogen) atoms. The molecule has 1 amide bonds. The topological polar surface area (TPSA) is 166 Å². The number of amides is 1. The van der Waals surface area contributed by atoms with Gasteiger partial charge in [-0.2, -0.15) is 9.57 Å². The molecular weight excluding hydrogens is 791 g/mol. The third kappa shape index (κ3) is 9.65. The van der Waals surface area contributed by atoms with E-state index in [1.54, 1.807) is 48.2 Å². The minimum atomic E-state index is -4.52. The fourth-order valence-electron chi connectivity index (χ4n) is 6.96. The lowest BCUT2D eigenvalue weighted by Gasteiger charge is -2.35. The van der Waals surface area contributed by atoms with Gasteiger partial charge in [-0.25, -0.2) is 27.2 Å². The summed E-state index contributed by atoms with van der Waals surface area (Å²) in [5.41, 5.74) is 1.45. The number of aryl methyl sites for hydroxylation is 1. The molecule has 0 saturated carbocycles. The summed E-state index contributed by atoms with van der Waals surface area (Å²) in [6.45, 7) is 1.63. The number of ether oxygens (including phenoxy) is 6. The molecule has 0 spiro atoms. The second-order valence-corrected chi connectivity index (χ2v) is 15.7. The van der Waals surface area contributed by atoms with Gasteiger partial charge >= 0.3 is 0 Å². The normalized spacial score (nSPS) is 16.8. The van der Waals surface area contributed by atoms with Gasteiger partial charge in [0.05, 0.1) is 70.8 Å². The molecule has 2 saturated heterocycles. The van der Waals surface area contributed by atoms with Crippen LogP contribution in [0.15, 0.2) is 65.8 Å². The van der Waals surface area contributed by atoms with Crippen molar-refractivity contribution >= 4 is 27.4 Å². The van der Waals surface area contributed by atoms with Crippen LogP contribution in [0, 0.1) is 18.3 Å². The number of carbonyl (C=O) groups excluding carboxylic acids is 1. The van der Waals surface area contributed by atoms with Gasteiger partial charge in [0.25, 0.3) is 15.9 Å². The third-order valence-corrected chi connectivity index (χ3v) is 11.8. The number of methoxy groups -OCH3 is 4. The van der Waals surface area contributed by atoms with E-state index in [-0.39, 0.29) is 81.5 Å². The lowest BCUT2D eigenvalue weighted by Crippen LogP contribution is -2.48. The molecule has 15 nitrogen and oxygen atoms in total. The molecule has 18 heteroatoms. The summed E-state index contributed by atoms with van der Waals surface area (Å²) in [6, 6.07) is 16.2. The number of pyridine rings is 2. The summed E-state index contributed by atoms with van der Waals surface area (Å²) in [6.07, 6.45) is -0.407. The Labute approximate surface area is 342 Å². The molecule has 6 rings (SSSR count). The maximum Gasteiger partial charge on any atom is 0.264 e. The number of alkyl halides is 2. The number of nitriles is 1. The molecule has 2 aliphatic heterocycles. The minimum absolute atomic E-state index is 0.0499. The average Bonchev–Trinajstić information content (AvgIpc) is 3.43. The first kappa shape index (κ1) is 43.0. The number of hydrogen-bond donors (Lipinski definition) is 0. The van der Waals surface area contributed by atoms with Crippen LogP contribution in [0.5, 0.6) is 23.0 Å². The van der Waals surface area contributed by atoms with E-state index in [1.807, 2.05) is 0 Å². The molecule has 4 heterocycles. The van der Waals surface area contributed by atoms with Crippen molar-refractivity contribution in [2.45, 2.75) is 56.5 Å². The van der Waals surface area contributed by atoms with E-state index in [4.69, 9.17) is 28.4 Å². The molecule has 0 aliphatic carbocycles. The van der Waals surface area contributed by atoms with Gasteiger partial charge in [0.1, 0.15) is 34.9 Å². The van der Waals surface area contributed by atoms with E-state index in [0.717, 1.165) is 0 Å². The van der Waals surface area contributed by atoms with Gasteiger partial charge < -0.3 is 33.3 Å². The highest BCUT2D eigenvalue weighted by Gasteiger charge is 2.37. The molecule has 4 aromatic rings. The Morgan fingerprint density at radius 1 is 0.932 bits per heavy atom. The quantitative estimate of drug-likeness (QED) is 0.151. The van der Waals surface area contributed by atoms with Crippen molar-refractivity contribution in [3.05, 3.63) is 88.7 Å². The lowest BCUT2D eigenvalue weighted by molar-refractivity contribution is -0.0856. The number of anilines is 2. The largest absolute Gasteiger partial charge is 0.497 e. The Bertz CT molecular complexity index is 2300. The van der Waals surface area contributed by atoms with Crippen LogP contribution in [-0.4, -0.2) is 102 Å². The summed E-state index contributed by atoms with van der Waals surface area (Å²) in [5.74, 6) is -1.71. The molecule has 314 valence electrons. The summed E-state index contributed by atoms with van der Waals surface area (Å²) < 4.78 is 93.8. The molecule has 2 aromatic carbocycles. The fraction of sp³-hybridized carbons (Fsp3) is 0.415. The van der Waals surface area contributed by atoms with E-state index in [9.17, 15) is 27.3 Å². The molecule has 1 unspecified atom stereocenters. The number of benzene rings is 2. The Morgan fingerprint density at radius 3 is 2.36 bits per heavy atom. The summed E-state index contributed by atoms with van der Waals surface area (Å²) in [7, 11) is 1.42. The second-order valence-electron chi connectivity index (χ2n) is 13.9. The fourth-order valence-corrected chi connectivity index (χ4v) is 8.31. The molecular formula is C41H46F2N6O9S. The van der Waals surface area contributed by atoms with Gasteiger partial charge in [0.2, 0.25) is 5.92 Å². The van der Waals surface area contributed by atoms with Crippen molar-refractivity contribution in [3.8, 4) is 29.1 Å². The zero-order chi connectivity index (χ0) is 42.3. The van der Waals surface area contributed by atoms with Crippen LogP contribution >= 0.6 is 0 Å². The monoisotopic (exact) mass is 836 g/mol. The van der Waals surface area contributed by atoms with Gasteiger partial charge in [-0.05, 0) is 49.7 Å². The standard InChI is InChI=1S/C41H46F2N6O9S/c1-27-29(23-44)20-34(39(46-27)47-15-6-12-41(42,43)13-16-47)40(50)49(38-26-57-17-18-58-38)31-11-14-45-37(21-31)59(51,52)48(24-28-7-8-33(54-3)22-36(28)56-5)25-30-19-32(53-2)9-10-35(30)55-4/h7-11,14,19-22,38H,6,12-13,15-18,24-26H2,1-5H3. The first-order valence-electron chi connectivity index (χ1n) is 18.8. The summed E-state index contributed by atoms with van der Waals surface area (Å²) >= 11 is 0. The Kier molecular flexibility index (Phi) is 13.5. The van der Waals surface area contributed by atoms with Crippen molar-refractivity contribution in [2.75, 3.05) is 71.1 Å². The van der Waals surface area contributed by atoms with Crippen LogP contribution in [0.1, 0.15) is 52.0 Å². The Hall–Kier alpha value is -5.61. The second kappa shape index (κ2) is 18.5. The van der Waals surface area contributed by atoms with Crippen molar-refractivity contribution in [1.29, 1.82) is 5.26 Å². The number of hydrogen-bond acceptors (Lipinski definition) is 13. The van der Waals surface area contributed by atoms with Gasteiger partial charge in [0.15, 0.2) is 11.3 Å². The van der Waals surface area contributed by atoms with E-state index >= 15 is 0 Å². The molecule has 0 radical (unpaired) electrons. The smallest absolute Gasteiger partial charge is 0.264 e. The highest BCUT2D eigenvalue weighted by molar-refractivity contribution is 7.89. The average molecular weight is 837 g/mol. The SMILES string of the molecule is COc1ccc(OC)c(CN(Cc2ccc(OC)cc2OC)S(=O)(=O)c2cc(N(C(=O)c3cc(C#N)c(C)nc3N3CCCC(F)(F)CC3)C3COCCO3)ccn2)c1. The highest BCUT2D eigenvalue weighted by atomic mass is 32.2. The van der Waals surface area contributed by atoms with Crippen LogP contribution in [0.3, 0.4) is 0 Å². The predicted octanol–water partition coefficient (Wildman–Crippen LogP) is 5.73. The maximum atomic E-state index is 15.0. The Morgan fingerprint density at radius 2 is 1.66 bits per heavy atom. The van der Waals surface area contributed by atoms with E-state index in [1.165, 1.54) is 62.0 Å². The number of nitrogens with zero attached hydrogens (tertiary/aromatic N) is 6. The lowest BCUT2D eigenvalue weighted by atomic mass is 10.1. The van der Waals surface area contributed by atoms with Gasteiger partial charge in [0, 0.05) is 68.5 Å². The third-order valence-electron chi connectivity index (χ3n) is 10.1. The molecule has 0 bridgehead atoms. The number of sulfonamides is 1. The maximum absolute atomic E-state index is 15.0. The van der Waals surface area contributed by atoms with Crippen LogP contribution < -0.4 is 28.7 Å².